The zero-order valence-corrected chi connectivity index (χ0v) is 7.41. The van der Waals surface area contributed by atoms with Crippen molar-refractivity contribution >= 4 is 11.6 Å². The first kappa shape index (κ1) is 10.7. The maximum absolute atomic E-state index is 13.2. The Hall–Kier alpha value is -2.39. The third-order valence-corrected chi connectivity index (χ3v) is 2.01. The highest BCUT2D eigenvalue weighted by molar-refractivity contribution is 7.09. The Morgan fingerprint density at radius 2 is 1.53 bits per heavy atom. The van der Waals surface area contributed by atoms with E-state index in [4.69, 9.17) is 15.8 Å². The van der Waals surface area contributed by atoms with Gasteiger partial charge in [-0.1, -0.05) is 6.07 Å². The third-order valence-electron chi connectivity index (χ3n) is 2.01. The van der Waals surface area contributed by atoms with Gasteiger partial charge < -0.3 is 0 Å². The molecule has 0 heterocycles. The van der Waals surface area contributed by atoms with Crippen LogP contribution in [-0.4, -0.2) is 6.15 Å². The van der Waals surface area contributed by atoms with E-state index in [1.54, 1.807) is 0 Å². The molecule has 3 nitrogen and oxygen atoms in total. The Morgan fingerprint density at radius 1 is 1.00 bits per heavy atom. The summed E-state index contributed by atoms with van der Waals surface area (Å²) in [6.45, 7) is 0. The van der Waals surface area contributed by atoms with Crippen molar-refractivity contribution in [3.63, 3.8) is 0 Å². The molecule has 0 aromatic heterocycles. The van der Waals surface area contributed by atoms with Gasteiger partial charge in [-0.25, -0.2) is 24.6 Å². The molecule has 72 valence electrons. The molecule has 1 aromatic rings. The molecule has 0 aliphatic heterocycles. The highest BCUT2D eigenvalue weighted by Gasteiger charge is 2.29. The van der Waals surface area contributed by atoms with Gasteiger partial charge in [-0.05, 0) is 12.1 Å². The molecule has 0 unspecified atom stereocenters. The number of hydrogen-bond acceptors (Lipinski definition) is 3. The van der Waals surface area contributed by atoms with Gasteiger partial charge in [0.2, 0.25) is 0 Å². The average Bonchev–Trinajstić information content (AvgIpc) is 2.26. The van der Waals surface area contributed by atoms with E-state index in [-0.39, 0.29) is 0 Å². The Balaban J connectivity index is 3.53. The van der Waals surface area contributed by atoms with Gasteiger partial charge >= 0.3 is 6.15 Å². The third kappa shape index (κ3) is 1.64. The maximum Gasteiger partial charge on any atom is 0.324 e. The van der Waals surface area contributed by atoms with E-state index in [1.165, 1.54) is 17.9 Å². The summed E-state index contributed by atoms with van der Waals surface area (Å²) in [5.41, 5.74) is -0.498. The second-order valence-corrected chi connectivity index (χ2v) is 2.92. The summed E-state index contributed by atoms with van der Waals surface area (Å²) < 4.78 is 26.0. The minimum absolute atomic E-state index is 0.498. The van der Waals surface area contributed by atoms with Gasteiger partial charge in [0.1, 0.15) is 5.82 Å². The Kier molecular flexibility index (Phi) is 2.69. The highest BCUT2D eigenvalue weighted by atomic mass is 19.1. The molecule has 0 N–H and O–H groups in total. The quantitative estimate of drug-likeness (QED) is 0.632. The summed E-state index contributed by atoms with van der Waals surface area (Å²) in [7, 11) is 0. The molecule has 0 saturated heterocycles. The van der Waals surface area contributed by atoms with Gasteiger partial charge in [0.25, 0.3) is 0 Å². The molecule has 1 rings (SSSR count). The van der Waals surface area contributed by atoms with E-state index < -0.39 is 23.2 Å². The Morgan fingerprint density at radius 3 is 2.00 bits per heavy atom. The van der Waals surface area contributed by atoms with Crippen LogP contribution in [0.15, 0.2) is 18.2 Å². The Bertz CT molecular complexity index is 486. The smallest absolute Gasteiger partial charge is 0.246 e. The highest BCUT2D eigenvalue weighted by Crippen LogP contribution is 2.06. The molecule has 1 aromatic carbocycles. The zero-order valence-electron chi connectivity index (χ0n) is 7.41. The van der Waals surface area contributed by atoms with Gasteiger partial charge in [-0.15, -0.1) is 23.4 Å². The van der Waals surface area contributed by atoms with Crippen molar-refractivity contribution in [1.29, 1.82) is 15.8 Å². The number of hydrogen-bond donors (Lipinski definition) is 0. The Labute approximate surface area is 84.7 Å². The molecule has 6 heteroatoms. The van der Waals surface area contributed by atoms with Crippen molar-refractivity contribution in [2.24, 2.45) is 0 Å². The standard InChI is InChI=1S/C9H3BF2N3/c11-7-1-2-9(12)8(3-7)10(4-13,5-14)6-15/h1-3H/q-1. The van der Waals surface area contributed by atoms with Crippen molar-refractivity contribution in [2.45, 2.75) is 0 Å². The van der Waals surface area contributed by atoms with E-state index in [0.717, 1.165) is 12.1 Å². The van der Waals surface area contributed by atoms with Crippen molar-refractivity contribution in [2.75, 3.05) is 0 Å². The fourth-order valence-electron chi connectivity index (χ4n) is 1.14. The number of nitrogens with zero attached hydrogens (tertiary/aromatic N) is 3. The second-order valence-electron chi connectivity index (χ2n) is 2.92. The van der Waals surface area contributed by atoms with E-state index in [0.29, 0.717) is 6.07 Å². The normalized spacial score (nSPS) is 9.80. The lowest BCUT2D eigenvalue weighted by Crippen LogP contribution is -2.46. The maximum atomic E-state index is 13.2. The molecule has 0 radical (unpaired) electrons. The monoisotopic (exact) mass is 202 g/mol. The molecular weight excluding hydrogens is 199 g/mol. The van der Waals surface area contributed by atoms with Crippen LogP contribution in [0.25, 0.3) is 0 Å². The minimum Gasteiger partial charge on any atom is -0.246 e. The largest absolute Gasteiger partial charge is 0.324 e. The van der Waals surface area contributed by atoms with Crippen molar-refractivity contribution in [1.82, 2.24) is 0 Å². The van der Waals surface area contributed by atoms with Gasteiger partial charge in [0, 0.05) is 0 Å². The zero-order chi connectivity index (χ0) is 11.5. The summed E-state index contributed by atoms with van der Waals surface area (Å²) >= 11 is 0. The second kappa shape index (κ2) is 3.78. The molecule has 0 aliphatic carbocycles. The van der Waals surface area contributed by atoms with Gasteiger partial charge in [0.05, 0.1) is 5.82 Å². The molecule has 0 bridgehead atoms. The molecule has 0 fully saturated rings. The number of halogens is 2. The molecule has 0 spiro atoms. The van der Waals surface area contributed by atoms with Gasteiger partial charge in [0.15, 0.2) is 0 Å². The van der Waals surface area contributed by atoms with E-state index in [1.807, 2.05) is 0 Å². The predicted molar refractivity (Wildman–Crippen MR) is 48.6 cm³/mol. The summed E-state index contributed by atoms with van der Waals surface area (Å²) in [5.74, 6) is 2.58. The lowest BCUT2D eigenvalue weighted by atomic mass is 9.25. The summed E-state index contributed by atoms with van der Waals surface area (Å²) in [5, 5.41) is 26.1. The average molecular weight is 202 g/mol. The van der Waals surface area contributed by atoms with Crippen LogP contribution in [0.5, 0.6) is 0 Å². The van der Waals surface area contributed by atoms with Crippen molar-refractivity contribution in [3.05, 3.63) is 29.8 Å². The van der Waals surface area contributed by atoms with E-state index in [9.17, 15) is 8.78 Å². The first-order valence-electron chi connectivity index (χ1n) is 3.94. The molecule has 0 amide bonds. The van der Waals surface area contributed by atoms with Crippen molar-refractivity contribution < 1.29 is 8.78 Å². The van der Waals surface area contributed by atoms with Crippen LogP contribution >= 0.6 is 0 Å². The SMILES string of the molecule is N#C[B-](C#N)(C#N)c1cc(F)ccc1F. The van der Waals surface area contributed by atoms with Gasteiger partial charge in [-0.3, -0.25) is 0 Å². The lowest BCUT2D eigenvalue weighted by Gasteiger charge is -2.17. The van der Waals surface area contributed by atoms with Gasteiger partial charge in [-0.2, -0.15) is 0 Å². The lowest BCUT2D eigenvalue weighted by molar-refractivity contribution is 0.606. The van der Waals surface area contributed by atoms with Crippen LogP contribution in [-0.2, 0) is 0 Å². The molecular formula is C9H3BF2N3-. The first-order valence-corrected chi connectivity index (χ1v) is 3.94. The number of benzene rings is 1. The minimum atomic E-state index is -3.01. The van der Waals surface area contributed by atoms with Crippen LogP contribution in [0.1, 0.15) is 0 Å². The summed E-state index contributed by atoms with van der Waals surface area (Å²) in [6.07, 6.45) is -3.01. The van der Waals surface area contributed by atoms with E-state index >= 15 is 0 Å². The van der Waals surface area contributed by atoms with Crippen LogP contribution in [0, 0.1) is 45.3 Å². The molecule has 15 heavy (non-hydrogen) atoms. The topological polar surface area (TPSA) is 71.4 Å². The molecule has 0 aliphatic rings. The van der Waals surface area contributed by atoms with Crippen LogP contribution < -0.4 is 5.46 Å². The first-order chi connectivity index (χ1) is 7.09. The fraction of sp³-hybridized carbons (Fsp3) is 0. The number of rotatable bonds is 1. The van der Waals surface area contributed by atoms with Crippen molar-refractivity contribution in [3.8, 4) is 17.9 Å². The molecule has 0 saturated carbocycles. The van der Waals surface area contributed by atoms with Crippen LogP contribution in [0.4, 0.5) is 8.78 Å². The summed E-state index contributed by atoms with van der Waals surface area (Å²) in [6, 6.07) is 2.34. The van der Waals surface area contributed by atoms with Crippen LogP contribution in [0.2, 0.25) is 0 Å². The number of nitriles is 3. The van der Waals surface area contributed by atoms with Crippen LogP contribution in [0.3, 0.4) is 0 Å². The molecule has 0 atom stereocenters. The fourth-order valence-corrected chi connectivity index (χ4v) is 1.14. The summed E-state index contributed by atoms with van der Waals surface area (Å²) in [4.78, 5) is 0. The predicted octanol–water partition coefficient (Wildman–Crippen LogP) is 0.809. The van der Waals surface area contributed by atoms with E-state index in [2.05, 4.69) is 0 Å².